The second kappa shape index (κ2) is 7.98. The number of halogens is 5. The number of fused-ring (bicyclic) bond motifs is 1. The van der Waals surface area contributed by atoms with Crippen molar-refractivity contribution in [1.29, 1.82) is 0 Å². The minimum atomic E-state index is -4.67. The highest BCUT2D eigenvalue weighted by Gasteiger charge is 2.38. The molecule has 166 valence electrons. The van der Waals surface area contributed by atoms with Gasteiger partial charge in [-0.15, -0.1) is 0 Å². The van der Waals surface area contributed by atoms with E-state index < -0.39 is 36.4 Å². The summed E-state index contributed by atoms with van der Waals surface area (Å²) in [6, 6.07) is 1.77. The predicted molar refractivity (Wildman–Crippen MR) is 102 cm³/mol. The second-order valence-electron chi connectivity index (χ2n) is 7.58. The zero-order valence-corrected chi connectivity index (χ0v) is 16.4. The molecule has 0 radical (unpaired) electrons. The molecule has 2 aromatic rings. The molecule has 4 heterocycles. The monoisotopic (exact) mass is 442 g/mol. The smallest absolute Gasteiger partial charge is 0.354 e. The third-order valence-corrected chi connectivity index (χ3v) is 5.30. The van der Waals surface area contributed by atoms with Gasteiger partial charge in [0.2, 0.25) is 12.3 Å². The lowest BCUT2D eigenvalue weighted by Gasteiger charge is -2.33. The SMILES string of the molecule is C[C@H]1CN(c2cc(C(F)(F)F)cc(-c3ncnc4c3[C@H](C(F)F)CC(=O)N4)n2)CCN1. The molecular weight excluding hydrogens is 423 g/mol. The van der Waals surface area contributed by atoms with Gasteiger partial charge in [-0.1, -0.05) is 0 Å². The number of pyridine rings is 1. The van der Waals surface area contributed by atoms with Crippen LogP contribution in [0, 0.1) is 0 Å². The number of hydrogen-bond donors (Lipinski definition) is 2. The van der Waals surface area contributed by atoms with Gasteiger partial charge in [-0.25, -0.2) is 23.7 Å². The summed E-state index contributed by atoms with van der Waals surface area (Å²) < 4.78 is 68.3. The van der Waals surface area contributed by atoms with Crippen LogP contribution in [0.4, 0.5) is 33.6 Å². The van der Waals surface area contributed by atoms with E-state index >= 15 is 0 Å². The average molecular weight is 442 g/mol. The van der Waals surface area contributed by atoms with Gasteiger partial charge >= 0.3 is 6.18 Å². The summed E-state index contributed by atoms with van der Waals surface area (Å²) in [5.41, 5.74) is -1.41. The Kier molecular flexibility index (Phi) is 5.50. The maximum atomic E-state index is 13.7. The molecule has 0 spiro atoms. The first kappa shape index (κ1) is 21.3. The van der Waals surface area contributed by atoms with E-state index in [0.717, 1.165) is 18.5 Å². The molecular formula is C19H19F5N6O. The summed E-state index contributed by atoms with van der Waals surface area (Å²) in [6.07, 6.45) is -7.10. The summed E-state index contributed by atoms with van der Waals surface area (Å²) >= 11 is 0. The van der Waals surface area contributed by atoms with Crippen LogP contribution >= 0.6 is 0 Å². The topological polar surface area (TPSA) is 83.0 Å². The van der Waals surface area contributed by atoms with Crippen LogP contribution in [0.15, 0.2) is 18.5 Å². The fourth-order valence-corrected chi connectivity index (χ4v) is 3.85. The summed E-state index contributed by atoms with van der Waals surface area (Å²) in [4.78, 5) is 25.7. The van der Waals surface area contributed by atoms with Gasteiger partial charge in [0.15, 0.2) is 0 Å². The molecule has 0 unspecified atom stereocenters. The number of piperazine rings is 1. The van der Waals surface area contributed by atoms with Crippen molar-refractivity contribution in [3.8, 4) is 11.4 Å². The van der Waals surface area contributed by atoms with Gasteiger partial charge < -0.3 is 15.5 Å². The Bertz CT molecular complexity index is 998. The van der Waals surface area contributed by atoms with Crippen molar-refractivity contribution in [2.24, 2.45) is 0 Å². The van der Waals surface area contributed by atoms with Crippen molar-refractivity contribution in [2.75, 3.05) is 29.9 Å². The first-order chi connectivity index (χ1) is 14.6. The number of nitrogens with one attached hydrogen (secondary N) is 2. The first-order valence-corrected chi connectivity index (χ1v) is 9.64. The number of hydrogen-bond acceptors (Lipinski definition) is 6. The largest absolute Gasteiger partial charge is 0.416 e. The van der Waals surface area contributed by atoms with E-state index in [1.165, 1.54) is 0 Å². The minimum absolute atomic E-state index is 0.0405. The van der Waals surface area contributed by atoms with Gasteiger partial charge in [-0.05, 0) is 19.1 Å². The summed E-state index contributed by atoms with van der Waals surface area (Å²) in [5, 5.41) is 5.59. The highest BCUT2D eigenvalue weighted by atomic mass is 19.4. The molecule has 0 aliphatic carbocycles. The Morgan fingerprint density at radius 3 is 2.68 bits per heavy atom. The minimum Gasteiger partial charge on any atom is -0.354 e. The molecule has 1 saturated heterocycles. The fraction of sp³-hybridized carbons (Fsp3) is 0.474. The van der Waals surface area contributed by atoms with Crippen LogP contribution in [0.3, 0.4) is 0 Å². The maximum absolute atomic E-state index is 13.7. The number of aromatic nitrogens is 3. The van der Waals surface area contributed by atoms with Crippen molar-refractivity contribution in [2.45, 2.75) is 37.9 Å². The zero-order valence-electron chi connectivity index (χ0n) is 16.4. The molecule has 1 fully saturated rings. The van der Waals surface area contributed by atoms with E-state index in [1.807, 2.05) is 6.92 Å². The van der Waals surface area contributed by atoms with Crippen LogP contribution in [0.25, 0.3) is 11.4 Å². The van der Waals surface area contributed by atoms with Gasteiger partial charge in [0, 0.05) is 37.7 Å². The van der Waals surface area contributed by atoms with Crippen molar-refractivity contribution in [3.05, 3.63) is 29.6 Å². The van der Waals surface area contributed by atoms with Gasteiger partial charge in [0.05, 0.1) is 22.9 Å². The van der Waals surface area contributed by atoms with E-state index in [-0.39, 0.29) is 34.6 Å². The number of carbonyl (C=O) groups is 1. The Balaban J connectivity index is 1.88. The molecule has 7 nitrogen and oxygen atoms in total. The van der Waals surface area contributed by atoms with Gasteiger partial charge in [-0.3, -0.25) is 4.79 Å². The van der Waals surface area contributed by atoms with Gasteiger partial charge in [0.1, 0.15) is 18.0 Å². The van der Waals surface area contributed by atoms with E-state index in [2.05, 4.69) is 25.6 Å². The normalized spacial score (nSPS) is 21.8. The van der Waals surface area contributed by atoms with Crippen LogP contribution in [0.1, 0.15) is 30.4 Å². The standard InChI is InChI=1S/C19H19F5N6O/c1-9-7-30(3-2-25-9)13-5-10(19(22,23)24)4-12(28-13)16-15-11(17(20)21)6-14(31)29-18(15)27-8-26-16/h4-5,8-9,11,17,25H,2-3,6-7H2,1H3,(H,26,27,29,31)/t9-,11+/m0/s1. The van der Waals surface area contributed by atoms with E-state index in [4.69, 9.17) is 0 Å². The number of alkyl halides is 5. The molecule has 0 aromatic carbocycles. The predicted octanol–water partition coefficient (Wildman–Crippen LogP) is 3.05. The number of rotatable bonds is 3. The second-order valence-corrected chi connectivity index (χ2v) is 7.58. The lowest BCUT2D eigenvalue weighted by molar-refractivity contribution is -0.137. The molecule has 2 aliphatic rings. The van der Waals surface area contributed by atoms with E-state index in [0.29, 0.717) is 19.6 Å². The summed E-state index contributed by atoms with van der Waals surface area (Å²) in [5.74, 6) is -2.24. The Hall–Kier alpha value is -2.89. The number of anilines is 2. The first-order valence-electron chi connectivity index (χ1n) is 9.64. The van der Waals surface area contributed by atoms with E-state index in [9.17, 15) is 26.7 Å². The Morgan fingerprint density at radius 1 is 1.23 bits per heavy atom. The molecule has 12 heteroatoms. The van der Waals surface area contributed by atoms with Crippen LogP contribution < -0.4 is 15.5 Å². The quantitative estimate of drug-likeness (QED) is 0.712. The molecule has 4 rings (SSSR count). The lowest BCUT2D eigenvalue weighted by Crippen LogP contribution is -2.49. The summed E-state index contributed by atoms with van der Waals surface area (Å²) in [6.45, 7) is 3.34. The molecule has 2 aromatic heterocycles. The van der Waals surface area contributed by atoms with Crippen molar-refractivity contribution in [3.63, 3.8) is 0 Å². The van der Waals surface area contributed by atoms with Gasteiger partial charge in [0.25, 0.3) is 0 Å². The number of amides is 1. The molecule has 0 bridgehead atoms. The van der Waals surface area contributed by atoms with Crippen LogP contribution in [0.5, 0.6) is 0 Å². The van der Waals surface area contributed by atoms with Crippen LogP contribution in [0.2, 0.25) is 0 Å². The molecule has 2 N–H and O–H groups in total. The van der Waals surface area contributed by atoms with E-state index in [1.54, 1.807) is 4.90 Å². The van der Waals surface area contributed by atoms with Crippen molar-refractivity contribution in [1.82, 2.24) is 20.3 Å². The number of nitrogens with zero attached hydrogens (tertiary/aromatic N) is 4. The maximum Gasteiger partial charge on any atom is 0.416 e. The average Bonchev–Trinajstić information content (AvgIpc) is 2.71. The summed E-state index contributed by atoms with van der Waals surface area (Å²) in [7, 11) is 0. The third-order valence-electron chi connectivity index (χ3n) is 5.30. The number of carbonyl (C=O) groups excluding carboxylic acids is 1. The van der Waals surface area contributed by atoms with Crippen LogP contribution in [-0.2, 0) is 11.0 Å². The highest BCUT2D eigenvalue weighted by molar-refractivity contribution is 5.95. The molecule has 31 heavy (non-hydrogen) atoms. The zero-order chi connectivity index (χ0) is 22.3. The molecule has 0 saturated carbocycles. The van der Waals surface area contributed by atoms with Crippen molar-refractivity contribution >= 4 is 17.5 Å². The molecule has 2 aliphatic heterocycles. The molecule has 2 atom stereocenters. The molecule has 1 amide bonds. The van der Waals surface area contributed by atoms with Crippen LogP contribution in [-0.4, -0.2) is 53.0 Å². The third kappa shape index (κ3) is 4.29. The Labute approximate surface area is 174 Å². The van der Waals surface area contributed by atoms with Gasteiger partial charge in [-0.2, -0.15) is 13.2 Å². The lowest BCUT2D eigenvalue weighted by atomic mass is 9.90. The van der Waals surface area contributed by atoms with Crippen molar-refractivity contribution < 1.29 is 26.7 Å². The highest BCUT2D eigenvalue weighted by Crippen LogP contribution is 2.41. The fourth-order valence-electron chi connectivity index (χ4n) is 3.85. The Morgan fingerprint density at radius 2 is 2.00 bits per heavy atom.